The second-order valence-corrected chi connectivity index (χ2v) is 7.75. The first kappa shape index (κ1) is 24.8. The Labute approximate surface area is 154 Å². The molecule has 0 saturated carbocycles. The van der Waals surface area contributed by atoms with E-state index in [1.165, 1.54) is 0 Å². The Kier molecular flexibility index (Phi) is 12.9. The molecule has 0 aliphatic rings. The first-order valence-corrected chi connectivity index (χ1v) is 10.1. The van der Waals surface area contributed by atoms with Crippen molar-refractivity contribution in [1.82, 2.24) is 0 Å². The zero-order valence-electron chi connectivity index (χ0n) is 16.8. The van der Waals surface area contributed by atoms with Crippen LogP contribution in [0.3, 0.4) is 0 Å². The fraction of sp³-hybridized carbons (Fsp3) is 1.00. The topological polar surface area (TPSA) is 90.2 Å². The normalized spacial score (nSPS) is 19.2. The van der Waals surface area contributed by atoms with Gasteiger partial charge < -0.3 is 25.2 Å². The maximum absolute atomic E-state index is 10.3. The van der Waals surface area contributed by atoms with E-state index in [-0.39, 0.29) is 13.2 Å². The number of hydrogen-bond donors (Lipinski definition) is 4. The average Bonchev–Trinajstić information content (AvgIpc) is 2.60. The van der Waals surface area contributed by atoms with Crippen LogP contribution in [-0.4, -0.2) is 57.0 Å². The second-order valence-electron chi connectivity index (χ2n) is 7.75. The smallest absolute Gasteiger partial charge is 0.106 e. The maximum Gasteiger partial charge on any atom is 0.106 e. The van der Waals surface area contributed by atoms with Crippen LogP contribution in [0.15, 0.2) is 0 Å². The van der Waals surface area contributed by atoms with E-state index in [0.29, 0.717) is 12.8 Å². The van der Waals surface area contributed by atoms with Crippen molar-refractivity contribution in [3.8, 4) is 0 Å². The van der Waals surface area contributed by atoms with Gasteiger partial charge in [0.25, 0.3) is 0 Å². The molecule has 0 spiro atoms. The van der Waals surface area contributed by atoms with Crippen LogP contribution in [0.5, 0.6) is 0 Å². The van der Waals surface area contributed by atoms with Crippen molar-refractivity contribution in [2.24, 2.45) is 0 Å². The number of aliphatic hydroxyl groups excluding tert-OH is 4. The van der Waals surface area contributed by atoms with Crippen LogP contribution in [0, 0.1) is 0 Å². The molecule has 0 saturated heterocycles. The summed E-state index contributed by atoms with van der Waals surface area (Å²) in [6, 6.07) is 0. The van der Waals surface area contributed by atoms with Crippen molar-refractivity contribution in [2.45, 2.75) is 115 Å². The van der Waals surface area contributed by atoms with Crippen LogP contribution in [-0.2, 0) is 4.74 Å². The highest BCUT2D eigenvalue weighted by molar-refractivity contribution is 4.92. The van der Waals surface area contributed by atoms with Crippen molar-refractivity contribution < 1.29 is 25.2 Å². The highest BCUT2D eigenvalue weighted by Gasteiger charge is 2.43. The standard InChI is InChI=1S/C20H42O5/c1-5-7-9-11-13-19(3,17(23)15-21)25-20(4,18(24)16-22)14-12-10-8-6-2/h17-18,21-24H,5-16H2,1-4H3. The number of hydrogen-bond acceptors (Lipinski definition) is 5. The second kappa shape index (κ2) is 13.0. The first-order valence-electron chi connectivity index (χ1n) is 10.1. The Bertz CT molecular complexity index is 295. The molecule has 0 bridgehead atoms. The van der Waals surface area contributed by atoms with Crippen molar-refractivity contribution in [1.29, 1.82) is 0 Å². The van der Waals surface area contributed by atoms with Crippen LogP contribution in [0.4, 0.5) is 0 Å². The predicted molar refractivity (Wildman–Crippen MR) is 102 cm³/mol. The molecule has 4 unspecified atom stereocenters. The van der Waals surface area contributed by atoms with E-state index in [0.717, 1.165) is 51.4 Å². The summed E-state index contributed by atoms with van der Waals surface area (Å²) in [6.07, 6.45) is 7.55. The minimum Gasteiger partial charge on any atom is -0.394 e. The van der Waals surface area contributed by atoms with Gasteiger partial charge in [0.2, 0.25) is 0 Å². The van der Waals surface area contributed by atoms with Gasteiger partial charge in [-0.1, -0.05) is 65.2 Å². The van der Waals surface area contributed by atoms with Gasteiger partial charge in [0.15, 0.2) is 0 Å². The van der Waals surface area contributed by atoms with Gasteiger partial charge in [0, 0.05) is 0 Å². The summed E-state index contributed by atoms with van der Waals surface area (Å²) in [7, 11) is 0. The fourth-order valence-corrected chi connectivity index (χ4v) is 3.30. The molecule has 152 valence electrons. The molecule has 0 aliphatic heterocycles. The highest BCUT2D eigenvalue weighted by atomic mass is 16.5. The van der Waals surface area contributed by atoms with Crippen molar-refractivity contribution in [3.63, 3.8) is 0 Å². The molecule has 0 heterocycles. The van der Waals surface area contributed by atoms with Gasteiger partial charge in [0.1, 0.15) is 12.2 Å². The summed E-state index contributed by atoms with van der Waals surface area (Å²) in [6.45, 7) is 7.12. The Balaban J connectivity index is 5.09. The fourth-order valence-electron chi connectivity index (χ4n) is 3.30. The van der Waals surface area contributed by atoms with E-state index >= 15 is 0 Å². The SMILES string of the molecule is CCCCCCC(C)(OC(C)(CCCCCC)C(O)CO)C(O)CO. The van der Waals surface area contributed by atoms with Crippen LogP contribution < -0.4 is 0 Å². The van der Waals surface area contributed by atoms with Crippen molar-refractivity contribution in [3.05, 3.63) is 0 Å². The molecule has 25 heavy (non-hydrogen) atoms. The molecule has 0 rings (SSSR count). The quantitative estimate of drug-likeness (QED) is 0.317. The lowest BCUT2D eigenvalue weighted by atomic mass is 9.87. The molecular weight excluding hydrogens is 320 g/mol. The molecule has 0 fully saturated rings. The molecule has 0 aromatic rings. The third-order valence-electron chi connectivity index (χ3n) is 5.28. The summed E-state index contributed by atoms with van der Waals surface area (Å²) < 4.78 is 6.27. The highest BCUT2D eigenvalue weighted by Crippen LogP contribution is 2.34. The number of rotatable bonds is 16. The number of ether oxygens (including phenoxy) is 1. The molecule has 0 radical (unpaired) electrons. The lowest BCUT2D eigenvalue weighted by molar-refractivity contribution is -0.234. The Morgan fingerprint density at radius 2 is 1.04 bits per heavy atom. The lowest BCUT2D eigenvalue weighted by Gasteiger charge is -2.44. The number of unbranched alkanes of at least 4 members (excludes halogenated alkanes) is 6. The van der Waals surface area contributed by atoms with Gasteiger partial charge in [0.05, 0.1) is 24.4 Å². The Morgan fingerprint density at radius 3 is 1.32 bits per heavy atom. The van der Waals surface area contributed by atoms with Crippen LogP contribution in [0.1, 0.15) is 91.9 Å². The van der Waals surface area contributed by atoms with E-state index in [9.17, 15) is 20.4 Å². The summed E-state index contributed by atoms with van der Waals surface area (Å²) in [5.41, 5.74) is -1.89. The molecule has 0 aliphatic carbocycles. The van der Waals surface area contributed by atoms with Crippen LogP contribution in [0.2, 0.25) is 0 Å². The molecule has 0 aromatic carbocycles. The van der Waals surface area contributed by atoms with Crippen molar-refractivity contribution in [2.75, 3.05) is 13.2 Å². The third-order valence-corrected chi connectivity index (χ3v) is 5.28. The minimum atomic E-state index is -1.02. The molecule has 0 aromatic heterocycles. The summed E-state index contributed by atoms with van der Waals surface area (Å²) >= 11 is 0. The predicted octanol–water partition coefficient (Wildman–Crippen LogP) is 3.17. The molecule has 4 atom stereocenters. The summed E-state index contributed by atoms with van der Waals surface area (Å²) in [4.78, 5) is 0. The van der Waals surface area contributed by atoms with Gasteiger partial charge in [-0.3, -0.25) is 0 Å². The summed E-state index contributed by atoms with van der Waals surface area (Å²) in [5, 5.41) is 39.6. The largest absolute Gasteiger partial charge is 0.394 e. The van der Waals surface area contributed by atoms with Gasteiger partial charge in [-0.15, -0.1) is 0 Å². The molecule has 5 nitrogen and oxygen atoms in total. The van der Waals surface area contributed by atoms with E-state index in [4.69, 9.17) is 4.74 Å². The monoisotopic (exact) mass is 362 g/mol. The van der Waals surface area contributed by atoms with Crippen LogP contribution in [0.25, 0.3) is 0 Å². The Hall–Kier alpha value is -0.200. The lowest BCUT2D eigenvalue weighted by Crippen LogP contribution is -2.55. The average molecular weight is 363 g/mol. The molecule has 5 heteroatoms. The zero-order chi connectivity index (χ0) is 19.3. The minimum absolute atomic E-state index is 0.384. The summed E-state index contributed by atoms with van der Waals surface area (Å²) in [5.74, 6) is 0. The maximum atomic E-state index is 10.3. The molecular formula is C20H42O5. The van der Waals surface area contributed by atoms with E-state index in [1.807, 2.05) is 0 Å². The van der Waals surface area contributed by atoms with Gasteiger partial charge in [-0.25, -0.2) is 0 Å². The third kappa shape index (κ3) is 8.83. The van der Waals surface area contributed by atoms with Crippen molar-refractivity contribution >= 4 is 0 Å². The van der Waals surface area contributed by atoms with E-state index in [2.05, 4.69) is 13.8 Å². The first-order chi connectivity index (χ1) is 11.8. The van der Waals surface area contributed by atoms with E-state index in [1.54, 1.807) is 13.8 Å². The van der Waals surface area contributed by atoms with Gasteiger partial charge >= 0.3 is 0 Å². The molecule has 0 amide bonds. The Morgan fingerprint density at radius 1 is 0.680 bits per heavy atom. The van der Waals surface area contributed by atoms with Gasteiger partial charge in [-0.05, 0) is 26.7 Å². The van der Waals surface area contributed by atoms with Gasteiger partial charge in [-0.2, -0.15) is 0 Å². The van der Waals surface area contributed by atoms with Crippen LogP contribution >= 0.6 is 0 Å². The number of aliphatic hydroxyl groups is 4. The molecule has 4 N–H and O–H groups in total. The zero-order valence-corrected chi connectivity index (χ0v) is 16.8. The van der Waals surface area contributed by atoms with E-state index < -0.39 is 23.4 Å².